The molecule has 4 nitrogen and oxygen atoms in total. The normalized spacial score (nSPS) is 11.6. The van der Waals surface area contributed by atoms with Crippen LogP contribution in [-0.2, 0) is 6.54 Å². The highest BCUT2D eigenvalue weighted by atomic mass is 16.1. The van der Waals surface area contributed by atoms with E-state index in [0.29, 0.717) is 17.7 Å². The molecule has 0 radical (unpaired) electrons. The largest absolute Gasteiger partial charge is 0.366 e. The molecule has 2 aromatic carbocycles. The van der Waals surface area contributed by atoms with Crippen molar-refractivity contribution in [2.24, 2.45) is 5.73 Å². The topological polar surface area (TPSA) is 78.9 Å². The lowest BCUT2D eigenvalue weighted by Gasteiger charge is -2.15. The highest BCUT2D eigenvalue weighted by Gasteiger charge is 2.07. The molecule has 0 aliphatic rings. The van der Waals surface area contributed by atoms with Crippen molar-refractivity contribution in [3.63, 3.8) is 0 Å². The molecule has 2 aromatic rings. The number of nitriles is 1. The van der Waals surface area contributed by atoms with Crippen molar-refractivity contribution >= 4 is 5.91 Å². The molecule has 0 heterocycles. The van der Waals surface area contributed by atoms with Crippen LogP contribution in [0.4, 0.5) is 0 Å². The van der Waals surface area contributed by atoms with Gasteiger partial charge in [0.2, 0.25) is 5.91 Å². The molecule has 21 heavy (non-hydrogen) atoms. The number of hydrogen-bond donors (Lipinski definition) is 2. The number of hydrogen-bond acceptors (Lipinski definition) is 3. The quantitative estimate of drug-likeness (QED) is 0.882. The van der Waals surface area contributed by atoms with E-state index in [0.717, 1.165) is 11.1 Å². The number of carbonyl (C=O) groups is 1. The third kappa shape index (κ3) is 3.91. The Kier molecular flexibility index (Phi) is 4.70. The average molecular weight is 279 g/mol. The molecule has 0 bridgehead atoms. The molecule has 0 aliphatic heterocycles. The first-order valence-electron chi connectivity index (χ1n) is 6.72. The van der Waals surface area contributed by atoms with Gasteiger partial charge in [-0.1, -0.05) is 24.3 Å². The van der Waals surface area contributed by atoms with Crippen molar-refractivity contribution in [1.29, 1.82) is 5.26 Å². The van der Waals surface area contributed by atoms with E-state index in [1.54, 1.807) is 18.2 Å². The summed E-state index contributed by atoms with van der Waals surface area (Å²) < 4.78 is 0. The molecule has 4 heteroatoms. The third-order valence-electron chi connectivity index (χ3n) is 3.34. The number of rotatable bonds is 5. The van der Waals surface area contributed by atoms with E-state index < -0.39 is 5.91 Å². The van der Waals surface area contributed by atoms with E-state index in [4.69, 9.17) is 11.0 Å². The van der Waals surface area contributed by atoms with E-state index in [2.05, 4.69) is 11.4 Å². The Hall–Kier alpha value is -2.64. The zero-order valence-corrected chi connectivity index (χ0v) is 11.8. The first-order valence-corrected chi connectivity index (χ1v) is 6.72. The highest BCUT2D eigenvalue weighted by molar-refractivity contribution is 5.92. The number of benzene rings is 2. The van der Waals surface area contributed by atoms with E-state index >= 15 is 0 Å². The van der Waals surface area contributed by atoms with Crippen LogP contribution >= 0.6 is 0 Å². The van der Waals surface area contributed by atoms with E-state index in [1.165, 1.54) is 0 Å². The summed E-state index contributed by atoms with van der Waals surface area (Å²) in [6.07, 6.45) is 0. The van der Waals surface area contributed by atoms with Crippen molar-refractivity contribution in [1.82, 2.24) is 5.32 Å². The first kappa shape index (κ1) is 14.8. The van der Waals surface area contributed by atoms with Crippen LogP contribution in [0.1, 0.15) is 40.0 Å². The van der Waals surface area contributed by atoms with Gasteiger partial charge in [0.05, 0.1) is 11.6 Å². The molecular weight excluding hydrogens is 262 g/mol. The summed E-state index contributed by atoms with van der Waals surface area (Å²) in [4.78, 5) is 11.2. The monoisotopic (exact) mass is 279 g/mol. The summed E-state index contributed by atoms with van der Waals surface area (Å²) in [5.74, 6) is -0.424. The van der Waals surface area contributed by atoms with Crippen LogP contribution in [0.2, 0.25) is 0 Å². The molecule has 0 saturated carbocycles. The van der Waals surface area contributed by atoms with Gasteiger partial charge in [0.1, 0.15) is 0 Å². The number of nitrogens with one attached hydrogen (secondary N) is 1. The fourth-order valence-corrected chi connectivity index (χ4v) is 2.10. The minimum absolute atomic E-state index is 0.107. The van der Waals surface area contributed by atoms with Crippen molar-refractivity contribution in [3.05, 3.63) is 70.8 Å². The van der Waals surface area contributed by atoms with Gasteiger partial charge >= 0.3 is 0 Å². The minimum Gasteiger partial charge on any atom is -0.366 e. The Labute approximate surface area is 124 Å². The lowest BCUT2D eigenvalue weighted by atomic mass is 10.0. The van der Waals surface area contributed by atoms with Gasteiger partial charge in [-0.3, -0.25) is 4.79 Å². The summed E-state index contributed by atoms with van der Waals surface area (Å²) in [5.41, 5.74) is 8.48. The molecule has 0 aromatic heterocycles. The molecule has 1 amide bonds. The first-order chi connectivity index (χ1) is 10.1. The van der Waals surface area contributed by atoms with Crippen LogP contribution in [0.3, 0.4) is 0 Å². The number of carbonyl (C=O) groups excluding carboxylic acids is 1. The van der Waals surface area contributed by atoms with Gasteiger partial charge in [0.15, 0.2) is 0 Å². The second-order valence-corrected chi connectivity index (χ2v) is 4.90. The lowest BCUT2D eigenvalue weighted by molar-refractivity contribution is 0.1000. The second kappa shape index (κ2) is 6.69. The Bertz CT molecular complexity index is 688. The van der Waals surface area contributed by atoms with Crippen LogP contribution < -0.4 is 11.1 Å². The molecule has 106 valence electrons. The summed E-state index contributed by atoms with van der Waals surface area (Å²) in [5, 5.41) is 12.3. The summed E-state index contributed by atoms with van der Waals surface area (Å²) in [7, 11) is 0. The average Bonchev–Trinajstić information content (AvgIpc) is 2.53. The Balaban J connectivity index is 2.04. The van der Waals surface area contributed by atoms with Gasteiger partial charge in [0.25, 0.3) is 0 Å². The maximum atomic E-state index is 11.2. The third-order valence-corrected chi connectivity index (χ3v) is 3.34. The number of nitrogens with zero attached hydrogens (tertiary/aromatic N) is 1. The second-order valence-electron chi connectivity index (χ2n) is 4.90. The maximum Gasteiger partial charge on any atom is 0.248 e. The molecule has 3 N–H and O–H groups in total. The van der Waals surface area contributed by atoms with Crippen molar-refractivity contribution < 1.29 is 4.79 Å². The SMILES string of the molecule is CC(NCc1cccc(C(N)=O)c1)c1cccc(C#N)c1. The molecule has 0 aliphatic carbocycles. The fourth-order valence-electron chi connectivity index (χ4n) is 2.10. The standard InChI is InChI=1S/C17H17N3O/c1-12(15-6-2-4-13(8-15)10-18)20-11-14-5-3-7-16(9-14)17(19)21/h2-9,12,20H,11H2,1H3,(H2,19,21). The highest BCUT2D eigenvalue weighted by Crippen LogP contribution is 2.15. The Morgan fingerprint density at radius 2 is 2.05 bits per heavy atom. The van der Waals surface area contributed by atoms with Crippen molar-refractivity contribution in [2.75, 3.05) is 0 Å². The van der Waals surface area contributed by atoms with Gasteiger partial charge < -0.3 is 11.1 Å². The van der Waals surface area contributed by atoms with Crippen LogP contribution in [0.25, 0.3) is 0 Å². The Morgan fingerprint density at radius 1 is 1.29 bits per heavy atom. The van der Waals surface area contributed by atoms with Crippen LogP contribution in [0.5, 0.6) is 0 Å². The van der Waals surface area contributed by atoms with Crippen molar-refractivity contribution in [2.45, 2.75) is 19.5 Å². The van der Waals surface area contributed by atoms with Crippen LogP contribution in [0.15, 0.2) is 48.5 Å². The summed E-state index contributed by atoms with van der Waals surface area (Å²) >= 11 is 0. The van der Waals surface area contributed by atoms with Gasteiger partial charge in [-0.15, -0.1) is 0 Å². The van der Waals surface area contributed by atoms with Gasteiger partial charge in [-0.05, 0) is 42.3 Å². The minimum atomic E-state index is -0.424. The van der Waals surface area contributed by atoms with Crippen LogP contribution in [0, 0.1) is 11.3 Å². The zero-order valence-electron chi connectivity index (χ0n) is 11.8. The molecule has 2 rings (SSSR count). The van der Waals surface area contributed by atoms with Crippen LogP contribution in [-0.4, -0.2) is 5.91 Å². The molecule has 0 saturated heterocycles. The molecule has 1 atom stereocenters. The number of nitrogens with two attached hydrogens (primary N) is 1. The predicted octanol–water partition coefficient (Wildman–Crippen LogP) is 2.51. The maximum absolute atomic E-state index is 11.2. The van der Waals surface area contributed by atoms with E-state index in [9.17, 15) is 4.79 Å². The van der Waals surface area contributed by atoms with Crippen molar-refractivity contribution in [3.8, 4) is 6.07 Å². The van der Waals surface area contributed by atoms with Gasteiger partial charge in [0, 0.05) is 18.2 Å². The van der Waals surface area contributed by atoms with Gasteiger partial charge in [-0.2, -0.15) is 5.26 Å². The van der Waals surface area contributed by atoms with E-state index in [-0.39, 0.29) is 6.04 Å². The molecular formula is C17H17N3O. The molecule has 0 spiro atoms. The predicted molar refractivity (Wildman–Crippen MR) is 81.4 cm³/mol. The number of amides is 1. The zero-order chi connectivity index (χ0) is 15.2. The lowest BCUT2D eigenvalue weighted by Crippen LogP contribution is -2.19. The molecule has 0 fully saturated rings. The van der Waals surface area contributed by atoms with E-state index in [1.807, 2.05) is 37.3 Å². The van der Waals surface area contributed by atoms with Gasteiger partial charge in [-0.25, -0.2) is 0 Å². The summed E-state index contributed by atoms with van der Waals surface area (Å²) in [6.45, 7) is 2.66. The fraction of sp³-hybridized carbons (Fsp3) is 0.176. The number of primary amides is 1. The molecule has 1 unspecified atom stereocenters. The smallest absolute Gasteiger partial charge is 0.248 e. The summed E-state index contributed by atoms with van der Waals surface area (Å²) in [6, 6.07) is 17.0. The Morgan fingerprint density at radius 3 is 2.76 bits per heavy atom.